The van der Waals surface area contributed by atoms with Crippen LogP contribution in [0.4, 0.5) is 19.0 Å². The molecule has 0 atom stereocenters. The normalized spacial score (nSPS) is 11.7. The number of pyridine rings is 1. The Labute approximate surface area is 115 Å². The fourth-order valence-electron chi connectivity index (χ4n) is 1.65. The summed E-state index contributed by atoms with van der Waals surface area (Å²) in [5.41, 5.74) is 4.65. The van der Waals surface area contributed by atoms with Crippen LogP contribution in [0.3, 0.4) is 0 Å². The van der Waals surface area contributed by atoms with Gasteiger partial charge in [-0.05, 0) is 12.5 Å². The van der Waals surface area contributed by atoms with Crippen molar-refractivity contribution in [3.63, 3.8) is 0 Å². The van der Waals surface area contributed by atoms with E-state index in [2.05, 4.69) is 4.98 Å². The van der Waals surface area contributed by atoms with Crippen LogP contribution in [0.15, 0.2) is 12.3 Å². The molecule has 0 aliphatic rings. The van der Waals surface area contributed by atoms with Crippen LogP contribution in [-0.4, -0.2) is 24.6 Å². The maximum Gasteiger partial charge on any atom is 0.417 e. The van der Waals surface area contributed by atoms with Crippen LogP contribution in [0.2, 0.25) is 5.02 Å². The first kappa shape index (κ1) is 16.0. The lowest BCUT2D eigenvalue weighted by atomic mass is 10.2. The molecular formula is C12H17ClF3N3. The molecule has 0 aliphatic carbocycles. The summed E-state index contributed by atoms with van der Waals surface area (Å²) in [6.45, 7) is 3.61. The maximum absolute atomic E-state index is 12.5. The molecule has 0 saturated carbocycles. The van der Waals surface area contributed by atoms with E-state index in [0.29, 0.717) is 25.5 Å². The van der Waals surface area contributed by atoms with Crippen molar-refractivity contribution in [1.82, 2.24) is 4.98 Å². The number of nitrogens with two attached hydrogens (primary N) is 1. The summed E-state index contributed by atoms with van der Waals surface area (Å²) >= 11 is 5.90. The Morgan fingerprint density at radius 2 is 2.05 bits per heavy atom. The standard InChI is InChI=1S/C12H17ClF3N3/c1-2-3-5-19(6-4-17)11-10(13)7-9(8-18-11)12(14,15)16/h7-8H,2-6,17H2,1H3. The number of aromatic nitrogens is 1. The zero-order valence-electron chi connectivity index (χ0n) is 10.7. The van der Waals surface area contributed by atoms with E-state index >= 15 is 0 Å². The van der Waals surface area contributed by atoms with Gasteiger partial charge in [0.2, 0.25) is 0 Å². The lowest BCUT2D eigenvalue weighted by molar-refractivity contribution is -0.137. The van der Waals surface area contributed by atoms with Crippen LogP contribution in [0.25, 0.3) is 0 Å². The van der Waals surface area contributed by atoms with Crippen LogP contribution < -0.4 is 10.6 Å². The van der Waals surface area contributed by atoms with E-state index in [-0.39, 0.29) is 5.02 Å². The second-order valence-electron chi connectivity index (χ2n) is 4.16. The maximum atomic E-state index is 12.5. The minimum absolute atomic E-state index is 0.000576. The smallest absolute Gasteiger partial charge is 0.354 e. The highest BCUT2D eigenvalue weighted by atomic mass is 35.5. The van der Waals surface area contributed by atoms with Gasteiger partial charge in [0.05, 0.1) is 10.6 Å². The van der Waals surface area contributed by atoms with E-state index in [1.807, 2.05) is 11.8 Å². The molecule has 0 bridgehead atoms. The number of unbranched alkanes of at least 4 members (excludes halogenated alkanes) is 1. The van der Waals surface area contributed by atoms with E-state index < -0.39 is 11.7 Å². The van der Waals surface area contributed by atoms with E-state index in [0.717, 1.165) is 25.1 Å². The molecule has 3 nitrogen and oxygen atoms in total. The lowest BCUT2D eigenvalue weighted by Crippen LogP contribution is -2.31. The Balaban J connectivity index is 2.97. The molecule has 0 aromatic carbocycles. The highest BCUT2D eigenvalue weighted by Crippen LogP contribution is 2.33. The van der Waals surface area contributed by atoms with E-state index in [1.54, 1.807) is 0 Å². The molecule has 0 aliphatic heterocycles. The summed E-state index contributed by atoms with van der Waals surface area (Å²) < 4.78 is 37.6. The van der Waals surface area contributed by atoms with Gasteiger partial charge in [-0.2, -0.15) is 13.2 Å². The Bertz CT molecular complexity index is 410. The van der Waals surface area contributed by atoms with E-state index in [4.69, 9.17) is 17.3 Å². The molecule has 0 fully saturated rings. The highest BCUT2D eigenvalue weighted by molar-refractivity contribution is 6.33. The van der Waals surface area contributed by atoms with Crippen molar-refractivity contribution < 1.29 is 13.2 Å². The molecule has 1 aromatic heterocycles. The largest absolute Gasteiger partial charge is 0.417 e. The van der Waals surface area contributed by atoms with Crippen molar-refractivity contribution in [2.24, 2.45) is 5.73 Å². The molecule has 0 unspecified atom stereocenters. The van der Waals surface area contributed by atoms with Crippen molar-refractivity contribution in [3.8, 4) is 0 Å². The van der Waals surface area contributed by atoms with Crippen LogP contribution in [-0.2, 0) is 6.18 Å². The fraction of sp³-hybridized carbons (Fsp3) is 0.583. The van der Waals surface area contributed by atoms with Crippen molar-refractivity contribution in [1.29, 1.82) is 0 Å². The number of rotatable bonds is 6. The lowest BCUT2D eigenvalue weighted by Gasteiger charge is -2.24. The Morgan fingerprint density at radius 3 is 2.53 bits per heavy atom. The molecule has 7 heteroatoms. The van der Waals surface area contributed by atoms with Crippen LogP contribution in [0.1, 0.15) is 25.3 Å². The number of halogens is 4. The third-order valence-corrected chi connectivity index (χ3v) is 2.91. The van der Waals surface area contributed by atoms with E-state index in [9.17, 15) is 13.2 Å². The predicted octanol–water partition coefficient (Wildman–Crippen LogP) is 3.32. The minimum Gasteiger partial charge on any atom is -0.354 e. The Hall–Kier alpha value is -1.01. The van der Waals surface area contributed by atoms with Gasteiger partial charge in [0.25, 0.3) is 0 Å². The third kappa shape index (κ3) is 4.54. The SMILES string of the molecule is CCCCN(CCN)c1ncc(C(F)(F)F)cc1Cl. The molecule has 0 radical (unpaired) electrons. The number of alkyl halides is 3. The van der Waals surface area contributed by atoms with Gasteiger partial charge in [-0.1, -0.05) is 24.9 Å². The second-order valence-corrected chi connectivity index (χ2v) is 4.56. The van der Waals surface area contributed by atoms with Gasteiger partial charge in [-0.15, -0.1) is 0 Å². The van der Waals surface area contributed by atoms with Gasteiger partial charge in [0, 0.05) is 25.8 Å². The fourth-order valence-corrected chi connectivity index (χ4v) is 1.93. The molecule has 1 aromatic rings. The first-order valence-corrected chi connectivity index (χ1v) is 6.45. The van der Waals surface area contributed by atoms with Gasteiger partial charge in [-0.25, -0.2) is 4.98 Å². The zero-order valence-corrected chi connectivity index (χ0v) is 11.4. The van der Waals surface area contributed by atoms with Crippen LogP contribution >= 0.6 is 11.6 Å². The highest BCUT2D eigenvalue weighted by Gasteiger charge is 2.32. The van der Waals surface area contributed by atoms with Gasteiger partial charge >= 0.3 is 6.18 Å². The second kappa shape index (κ2) is 6.96. The number of hydrogen-bond donors (Lipinski definition) is 1. The summed E-state index contributed by atoms with van der Waals surface area (Å²) in [6, 6.07) is 0.902. The van der Waals surface area contributed by atoms with Crippen molar-refractivity contribution >= 4 is 17.4 Å². The number of hydrogen-bond acceptors (Lipinski definition) is 3. The van der Waals surface area contributed by atoms with Gasteiger partial charge in [0.1, 0.15) is 5.82 Å². The Kier molecular flexibility index (Phi) is 5.87. The van der Waals surface area contributed by atoms with E-state index in [1.165, 1.54) is 0 Å². The average Bonchev–Trinajstić information content (AvgIpc) is 2.33. The van der Waals surface area contributed by atoms with Crippen LogP contribution in [0.5, 0.6) is 0 Å². The van der Waals surface area contributed by atoms with Gasteiger partial charge < -0.3 is 10.6 Å². The molecule has 0 amide bonds. The molecule has 0 spiro atoms. The molecule has 0 saturated heterocycles. The summed E-state index contributed by atoms with van der Waals surface area (Å²) in [4.78, 5) is 5.65. The summed E-state index contributed by atoms with van der Waals surface area (Å²) in [5.74, 6) is 0.355. The molecule has 1 heterocycles. The first-order valence-electron chi connectivity index (χ1n) is 6.08. The van der Waals surface area contributed by atoms with Crippen LogP contribution in [0, 0.1) is 0 Å². The summed E-state index contributed by atoms with van der Waals surface area (Å²) in [7, 11) is 0. The first-order chi connectivity index (χ1) is 8.90. The van der Waals surface area contributed by atoms with Crippen molar-refractivity contribution in [3.05, 3.63) is 22.8 Å². The summed E-state index contributed by atoms with van der Waals surface area (Å²) in [5, 5.41) is -0.000576. The van der Waals surface area contributed by atoms with Crippen molar-refractivity contribution in [2.45, 2.75) is 25.9 Å². The topological polar surface area (TPSA) is 42.1 Å². The average molecular weight is 296 g/mol. The third-order valence-electron chi connectivity index (χ3n) is 2.63. The van der Waals surface area contributed by atoms with Crippen molar-refractivity contribution in [2.75, 3.05) is 24.5 Å². The molecule has 108 valence electrons. The van der Waals surface area contributed by atoms with Gasteiger partial charge in [-0.3, -0.25) is 0 Å². The summed E-state index contributed by atoms with van der Waals surface area (Å²) in [6.07, 6.45) is -1.76. The Morgan fingerprint density at radius 1 is 1.37 bits per heavy atom. The minimum atomic E-state index is -4.43. The molecular weight excluding hydrogens is 279 g/mol. The van der Waals surface area contributed by atoms with Gasteiger partial charge in [0.15, 0.2) is 0 Å². The quantitative estimate of drug-likeness (QED) is 0.875. The number of anilines is 1. The molecule has 19 heavy (non-hydrogen) atoms. The monoisotopic (exact) mass is 295 g/mol. The molecule has 1 rings (SSSR count). The number of nitrogens with zero attached hydrogens (tertiary/aromatic N) is 2. The predicted molar refractivity (Wildman–Crippen MR) is 70.4 cm³/mol. The zero-order chi connectivity index (χ0) is 14.5. The molecule has 2 N–H and O–H groups in total.